The quantitative estimate of drug-likeness (QED) is 0.670. The second-order valence-electron chi connectivity index (χ2n) is 9.79. The number of amides is 3. The number of nitrogens with zero attached hydrogens (tertiary/aromatic N) is 2. The van der Waals surface area contributed by atoms with Crippen molar-refractivity contribution in [3.05, 3.63) is 71.3 Å². The average molecular weight is 477 g/mol. The second kappa shape index (κ2) is 11.5. The maximum atomic E-state index is 13.6. The predicted molar refractivity (Wildman–Crippen MR) is 135 cm³/mol. The van der Waals surface area contributed by atoms with E-state index >= 15 is 0 Å². The van der Waals surface area contributed by atoms with E-state index in [2.05, 4.69) is 5.32 Å². The van der Waals surface area contributed by atoms with E-state index in [1.165, 1.54) is 0 Å². The molecule has 1 aliphatic carbocycles. The lowest BCUT2D eigenvalue weighted by Gasteiger charge is -2.43. The zero-order chi connectivity index (χ0) is 24.8. The Kier molecular flexibility index (Phi) is 8.18. The Morgan fingerprint density at radius 3 is 2.37 bits per heavy atom. The van der Waals surface area contributed by atoms with Gasteiger partial charge in [0.15, 0.2) is 6.17 Å². The molecule has 7 heteroatoms. The van der Waals surface area contributed by atoms with Crippen molar-refractivity contribution in [2.45, 2.75) is 70.1 Å². The summed E-state index contributed by atoms with van der Waals surface area (Å²) in [6.45, 7) is 2.83. The van der Waals surface area contributed by atoms with E-state index in [1.54, 1.807) is 15.9 Å². The summed E-state index contributed by atoms with van der Waals surface area (Å²) in [4.78, 5) is 43.7. The van der Waals surface area contributed by atoms with E-state index in [-0.39, 0.29) is 29.8 Å². The lowest BCUT2D eigenvalue weighted by atomic mass is 9.91. The van der Waals surface area contributed by atoms with E-state index in [4.69, 9.17) is 5.73 Å². The largest absolute Gasteiger partial charge is 0.350 e. The SMILES string of the molecule is Cc1cccc(C(=O)N2CCCN(C(=O)CCc3ccccc3)C2C(=O)NC2CCC(N)CC2)c1. The first kappa shape index (κ1) is 24.9. The molecule has 2 fully saturated rings. The first-order valence-electron chi connectivity index (χ1n) is 12.7. The van der Waals surface area contributed by atoms with Gasteiger partial charge in [-0.25, -0.2) is 0 Å². The van der Waals surface area contributed by atoms with Crippen LogP contribution in [0.5, 0.6) is 0 Å². The molecule has 4 rings (SSSR count). The maximum Gasteiger partial charge on any atom is 0.264 e. The van der Waals surface area contributed by atoms with Crippen molar-refractivity contribution < 1.29 is 14.4 Å². The zero-order valence-electron chi connectivity index (χ0n) is 20.5. The second-order valence-corrected chi connectivity index (χ2v) is 9.79. The molecule has 2 aromatic carbocycles. The molecule has 0 radical (unpaired) electrons. The van der Waals surface area contributed by atoms with Gasteiger partial charge in [-0.3, -0.25) is 14.4 Å². The highest BCUT2D eigenvalue weighted by Crippen LogP contribution is 2.22. The van der Waals surface area contributed by atoms with Gasteiger partial charge in [0, 0.05) is 37.2 Å². The van der Waals surface area contributed by atoms with Crippen molar-refractivity contribution >= 4 is 17.7 Å². The van der Waals surface area contributed by atoms with Crippen molar-refractivity contribution in [3.63, 3.8) is 0 Å². The smallest absolute Gasteiger partial charge is 0.264 e. The number of hydrogen-bond acceptors (Lipinski definition) is 4. The molecule has 3 N–H and O–H groups in total. The molecule has 3 amide bonds. The van der Waals surface area contributed by atoms with Crippen LogP contribution in [-0.2, 0) is 16.0 Å². The van der Waals surface area contributed by atoms with Crippen LogP contribution < -0.4 is 11.1 Å². The van der Waals surface area contributed by atoms with Crippen molar-refractivity contribution in [1.29, 1.82) is 0 Å². The minimum atomic E-state index is -0.948. The van der Waals surface area contributed by atoms with Gasteiger partial charge in [0.2, 0.25) is 5.91 Å². The molecule has 35 heavy (non-hydrogen) atoms. The number of rotatable bonds is 6. The normalized spacial score (nSPS) is 22.5. The molecule has 2 aliphatic rings. The van der Waals surface area contributed by atoms with E-state index in [0.29, 0.717) is 37.9 Å². The van der Waals surface area contributed by atoms with Crippen molar-refractivity contribution in [2.24, 2.45) is 5.73 Å². The van der Waals surface area contributed by atoms with E-state index in [1.807, 2.05) is 55.5 Å². The number of carbonyl (C=O) groups is 3. The Bertz CT molecular complexity index is 1030. The lowest BCUT2D eigenvalue weighted by Crippen LogP contribution is -2.64. The Balaban J connectivity index is 1.55. The van der Waals surface area contributed by atoms with Gasteiger partial charge in [-0.2, -0.15) is 0 Å². The van der Waals surface area contributed by atoms with Gasteiger partial charge in [-0.05, 0) is 63.1 Å². The highest BCUT2D eigenvalue weighted by atomic mass is 16.2. The topological polar surface area (TPSA) is 95.7 Å². The van der Waals surface area contributed by atoms with Crippen LogP contribution in [0, 0.1) is 6.92 Å². The average Bonchev–Trinajstić information content (AvgIpc) is 2.88. The minimum Gasteiger partial charge on any atom is -0.350 e. The fraction of sp³-hybridized carbons (Fsp3) is 0.464. The Morgan fingerprint density at radius 1 is 0.943 bits per heavy atom. The number of nitrogens with one attached hydrogen (secondary N) is 1. The molecule has 1 unspecified atom stereocenters. The summed E-state index contributed by atoms with van der Waals surface area (Å²) in [6, 6.07) is 17.4. The third kappa shape index (κ3) is 6.28. The highest BCUT2D eigenvalue weighted by Gasteiger charge is 2.41. The van der Waals surface area contributed by atoms with Crippen LogP contribution in [0.1, 0.15) is 60.0 Å². The van der Waals surface area contributed by atoms with Gasteiger partial charge >= 0.3 is 0 Å². The van der Waals surface area contributed by atoms with Gasteiger partial charge in [-0.1, -0.05) is 48.0 Å². The molecular weight excluding hydrogens is 440 g/mol. The third-order valence-corrected chi connectivity index (χ3v) is 7.06. The van der Waals surface area contributed by atoms with Crippen molar-refractivity contribution in [1.82, 2.24) is 15.1 Å². The zero-order valence-corrected chi connectivity index (χ0v) is 20.5. The molecule has 1 heterocycles. The molecule has 0 bridgehead atoms. The first-order chi connectivity index (χ1) is 16.9. The van der Waals surface area contributed by atoms with E-state index in [0.717, 1.165) is 36.8 Å². The van der Waals surface area contributed by atoms with Crippen molar-refractivity contribution in [2.75, 3.05) is 13.1 Å². The maximum absolute atomic E-state index is 13.6. The molecule has 1 saturated heterocycles. The van der Waals surface area contributed by atoms with Crippen LogP contribution in [0.3, 0.4) is 0 Å². The molecular formula is C28H36N4O3. The number of aryl methyl sites for hydroxylation is 2. The number of carbonyl (C=O) groups excluding carboxylic acids is 3. The van der Waals surface area contributed by atoms with Crippen LogP contribution in [0.4, 0.5) is 0 Å². The summed E-state index contributed by atoms with van der Waals surface area (Å²) in [5.74, 6) is -0.610. The number of benzene rings is 2. The Hall–Kier alpha value is -3.19. The Labute approximate surface area is 207 Å². The van der Waals surface area contributed by atoms with Crippen LogP contribution in [0.25, 0.3) is 0 Å². The standard InChI is InChI=1S/C28H36N4O3/c1-20-7-5-10-22(19-20)28(35)32-18-6-17-31(25(33)16-11-21-8-3-2-4-9-21)27(32)26(34)30-24-14-12-23(29)13-15-24/h2-5,7-10,19,23-24,27H,6,11-18,29H2,1H3,(H,30,34). The lowest BCUT2D eigenvalue weighted by molar-refractivity contribution is -0.149. The minimum absolute atomic E-state index is 0.0152. The summed E-state index contributed by atoms with van der Waals surface area (Å²) in [5.41, 5.74) is 8.62. The molecule has 2 aromatic rings. The van der Waals surface area contributed by atoms with Crippen molar-refractivity contribution in [3.8, 4) is 0 Å². The van der Waals surface area contributed by atoms with Gasteiger partial charge in [0.1, 0.15) is 0 Å². The molecule has 1 saturated carbocycles. The summed E-state index contributed by atoms with van der Waals surface area (Å²) >= 11 is 0. The molecule has 0 aromatic heterocycles. The van der Waals surface area contributed by atoms with Gasteiger partial charge in [-0.15, -0.1) is 0 Å². The molecule has 1 atom stereocenters. The van der Waals surface area contributed by atoms with Gasteiger partial charge in [0.05, 0.1) is 0 Å². The highest BCUT2D eigenvalue weighted by molar-refractivity contribution is 5.99. The van der Waals surface area contributed by atoms with Gasteiger partial charge < -0.3 is 20.9 Å². The third-order valence-electron chi connectivity index (χ3n) is 7.06. The number of nitrogens with two attached hydrogens (primary N) is 1. The summed E-state index contributed by atoms with van der Waals surface area (Å²) in [7, 11) is 0. The van der Waals surface area contributed by atoms with Crippen LogP contribution in [0.2, 0.25) is 0 Å². The van der Waals surface area contributed by atoms with E-state index in [9.17, 15) is 14.4 Å². The monoisotopic (exact) mass is 476 g/mol. The summed E-state index contributed by atoms with van der Waals surface area (Å²) < 4.78 is 0. The molecule has 7 nitrogen and oxygen atoms in total. The fourth-order valence-corrected chi connectivity index (χ4v) is 5.10. The molecule has 186 valence electrons. The van der Waals surface area contributed by atoms with Gasteiger partial charge in [0.25, 0.3) is 11.8 Å². The van der Waals surface area contributed by atoms with Crippen LogP contribution in [0.15, 0.2) is 54.6 Å². The Morgan fingerprint density at radius 2 is 1.66 bits per heavy atom. The molecule has 0 spiro atoms. The molecule has 1 aliphatic heterocycles. The van der Waals surface area contributed by atoms with E-state index < -0.39 is 6.17 Å². The number of hydrogen-bond donors (Lipinski definition) is 2. The van der Waals surface area contributed by atoms with Crippen LogP contribution in [-0.4, -0.2) is 58.9 Å². The first-order valence-corrected chi connectivity index (χ1v) is 12.7. The summed E-state index contributed by atoms with van der Waals surface area (Å²) in [5, 5.41) is 3.13. The fourth-order valence-electron chi connectivity index (χ4n) is 5.10. The predicted octanol–water partition coefficient (Wildman–Crippen LogP) is 3.01. The summed E-state index contributed by atoms with van der Waals surface area (Å²) in [6.07, 6.45) is 3.92. The van der Waals surface area contributed by atoms with Crippen LogP contribution >= 0.6 is 0 Å².